The van der Waals surface area contributed by atoms with Crippen molar-refractivity contribution in [1.82, 2.24) is 19.6 Å². The van der Waals surface area contributed by atoms with Gasteiger partial charge in [0.25, 0.3) is 0 Å². The van der Waals surface area contributed by atoms with Gasteiger partial charge in [-0.25, -0.2) is 9.97 Å². The van der Waals surface area contributed by atoms with Crippen molar-refractivity contribution in [3.63, 3.8) is 0 Å². The van der Waals surface area contributed by atoms with Crippen LogP contribution >= 0.6 is 0 Å². The van der Waals surface area contributed by atoms with Gasteiger partial charge in [-0.1, -0.05) is 12.1 Å². The Labute approximate surface area is 116 Å². The van der Waals surface area contributed by atoms with Gasteiger partial charge in [0.05, 0.1) is 31.7 Å². The maximum atomic E-state index is 4.81. The molecule has 1 aliphatic rings. The van der Waals surface area contributed by atoms with Crippen LogP contribution in [0, 0.1) is 6.92 Å². The van der Waals surface area contributed by atoms with Crippen LogP contribution in [-0.2, 0) is 0 Å². The molecule has 0 aliphatic carbocycles. The number of aromatic nitrogens is 4. The summed E-state index contributed by atoms with van der Waals surface area (Å²) in [5.74, 6) is 1.69. The highest BCUT2D eigenvalue weighted by Gasteiger charge is 2.20. The van der Waals surface area contributed by atoms with Crippen LogP contribution in [0.3, 0.4) is 0 Å². The molecule has 6 nitrogen and oxygen atoms in total. The topological polar surface area (TPSA) is 62.9 Å². The molecule has 2 N–H and O–H groups in total. The first-order chi connectivity index (χ1) is 9.83. The summed E-state index contributed by atoms with van der Waals surface area (Å²) in [6, 6.07) is 8.13. The smallest absolute Gasteiger partial charge is 0.229 e. The molecule has 6 heteroatoms. The Kier molecular flexibility index (Phi) is 2.56. The molecule has 2 aromatic heterocycles. The highest BCUT2D eigenvalue weighted by Crippen LogP contribution is 2.22. The quantitative estimate of drug-likeness (QED) is 0.674. The number of rotatable bonds is 1. The fraction of sp³-hybridized carbons (Fsp3) is 0.357. The van der Waals surface area contributed by atoms with E-state index in [4.69, 9.17) is 4.98 Å². The van der Waals surface area contributed by atoms with E-state index in [0.29, 0.717) is 0 Å². The summed E-state index contributed by atoms with van der Waals surface area (Å²) < 4.78 is 1.89. The second-order valence-corrected chi connectivity index (χ2v) is 5.18. The van der Waals surface area contributed by atoms with Gasteiger partial charge in [-0.2, -0.15) is 4.52 Å². The molecule has 0 atom stereocenters. The number of benzene rings is 1. The molecule has 0 radical (unpaired) electrons. The van der Waals surface area contributed by atoms with E-state index in [-0.39, 0.29) is 0 Å². The molecule has 0 unspecified atom stereocenters. The lowest BCUT2D eigenvalue weighted by molar-refractivity contribution is -0.655. The number of hydrogen-bond donors (Lipinski definition) is 1. The number of nitrogens with zero attached hydrogens (tertiary/aromatic N) is 5. The first-order valence-electron chi connectivity index (χ1n) is 7.02. The minimum absolute atomic E-state index is 0.785. The van der Waals surface area contributed by atoms with Gasteiger partial charge in [-0.15, -0.1) is 5.10 Å². The third-order valence-electron chi connectivity index (χ3n) is 3.76. The van der Waals surface area contributed by atoms with Crippen molar-refractivity contribution < 1.29 is 5.32 Å². The number of fused-ring (bicyclic) bond motifs is 3. The Morgan fingerprint density at radius 3 is 2.75 bits per heavy atom. The molecule has 0 spiro atoms. The summed E-state index contributed by atoms with van der Waals surface area (Å²) in [6.45, 7) is 6.13. The molecule has 1 aromatic carbocycles. The third-order valence-corrected chi connectivity index (χ3v) is 3.76. The van der Waals surface area contributed by atoms with E-state index in [1.165, 1.54) is 0 Å². The number of anilines is 1. The second kappa shape index (κ2) is 4.42. The van der Waals surface area contributed by atoms with Gasteiger partial charge in [0, 0.05) is 5.39 Å². The molecule has 0 amide bonds. The molecular weight excluding hydrogens is 252 g/mol. The fourth-order valence-corrected chi connectivity index (χ4v) is 2.80. The molecule has 3 heterocycles. The van der Waals surface area contributed by atoms with Crippen molar-refractivity contribution in [2.75, 3.05) is 31.1 Å². The van der Waals surface area contributed by atoms with E-state index in [9.17, 15) is 0 Å². The molecule has 20 heavy (non-hydrogen) atoms. The molecule has 4 rings (SSSR count). The largest absolute Gasteiger partial charge is 0.343 e. The lowest BCUT2D eigenvalue weighted by Gasteiger charge is -2.26. The van der Waals surface area contributed by atoms with Crippen molar-refractivity contribution >= 4 is 22.5 Å². The van der Waals surface area contributed by atoms with E-state index < -0.39 is 0 Å². The number of para-hydroxylation sites is 1. The predicted octanol–water partition coefficient (Wildman–Crippen LogP) is -0.0307. The average molecular weight is 269 g/mol. The molecule has 1 aliphatic heterocycles. The average Bonchev–Trinajstić information content (AvgIpc) is 2.89. The zero-order chi connectivity index (χ0) is 13.5. The van der Waals surface area contributed by atoms with Crippen LogP contribution in [-0.4, -0.2) is 45.8 Å². The minimum atomic E-state index is 0.785. The van der Waals surface area contributed by atoms with E-state index >= 15 is 0 Å². The summed E-state index contributed by atoms with van der Waals surface area (Å²) >= 11 is 0. The number of aryl methyl sites for hydroxylation is 1. The van der Waals surface area contributed by atoms with Crippen molar-refractivity contribution in [1.29, 1.82) is 0 Å². The third kappa shape index (κ3) is 1.72. The van der Waals surface area contributed by atoms with Crippen molar-refractivity contribution in [2.24, 2.45) is 0 Å². The van der Waals surface area contributed by atoms with E-state index in [0.717, 1.165) is 54.5 Å². The van der Waals surface area contributed by atoms with Crippen LogP contribution in [0.2, 0.25) is 0 Å². The van der Waals surface area contributed by atoms with E-state index in [1.54, 1.807) is 0 Å². The number of nitrogens with two attached hydrogens (primary N) is 1. The van der Waals surface area contributed by atoms with Crippen LogP contribution in [0.25, 0.3) is 16.6 Å². The Morgan fingerprint density at radius 2 is 1.90 bits per heavy atom. The molecular formula is C14H17N6+. The zero-order valence-corrected chi connectivity index (χ0v) is 11.5. The van der Waals surface area contributed by atoms with Crippen LogP contribution in [0.4, 0.5) is 5.95 Å². The summed E-state index contributed by atoms with van der Waals surface area (Å²) in [6.07, 6.45) is 0. The zero-order valence-electron chi connectivity index (χ0n) is 11.5. The van der Waals surface area contributed by atoms with E-state index in [1.807, 2.05) is 29.6 Å². The Balaban J connectivity index is 2.01. The van der Waals surface area contributed by atoms with Crippen molar-refractivity contribution in [2.45, 2.75) is 6.92 Å². The van der Waals surface area contributed by atoms with Crippen LogP contribution in [0.1, 0.15) is 5.82 Å². The van der Waals surface area contributed by atoms with Gasteiger partial charge >= 0.3 is 0 Å². The Morgan fingerprint density at radius 1 is 1.10 bits per heavy atom. The molecule has 102 valence electrons. The molecule has 1 fully saturated rings. The van der Waals surface area contributed by atoms with Crippen LogP contribution in [0.5, 0.6) is 0 Å². The summed E-state index contributed by atoms with van der Waals surface area (Å²) in [4.78, 5) is 11.7. The van der Waals surface area contributed by atoms with Gasteiger partial charge in [-0.3, -0.25) is 0 Å². The standard InChI is InChI=1S/C14H16N6/c1-10-16-13-11-4-2-3-5-12(11)17-14(20(13)18-10)19-8-6-15-7-9-19/h2-5,15H,6-9H2,1H3/p+1. The maximum Gasteiger partial charge on any atom is 0.229 e. The van der Waals surface area contributed by atoms with Gasteiger partial charge < -0.3 is 10.2 Å². The van der Waals surface area contributed by atoms with E-state index in [2.05, 4.69) is 26.4 Å². The van der Waals surface area contributed by atoms with Gasteiger partial charge in [0.15, 0.2) is 5.65 Å². The lowest BCUT2D eigenvalue weighted by atomic mass is 10.2. The summed E-state index contributed by atoms with van der Waals surface area (Å²) in [5, 5.41) is 7.92. The molecule has 3 aromatic rings. The highest BCUT2D eigenvalue weighted by atomic mass is 15.4. The van der Waals surface area contributed by atoms with Crippen molar-refractivity contribution in [3.8, 4) is 0 Å². The molecule has 0 bridgehead atoms. The first-order valence-corrected chi connectivity index (χ1v) is 7.02. The number of quaternary nitrogens is 1. The number of piperazine rings is 1. The second-order valence-electron chi connectivity index (χ2n) is 5.18. The Hall–Kier alpha value is -2.21. The molecule has 0 saturated carbocycles. The van der Waals surface area contributed by atoms with Crippen LogP contribution < -0.4 is 10.2 Å². The monoisotopic (exact) mass is 269 g/mol. The minimum Gasteiger partial charge on any atom is -0.343 e. The van der Waals surface area contributed by atoms with Crippen LogP contribution in [0.15, 0.2) is 24.3 Å². The van der Waals surface area contributed by atoms with Gasteiger partial charge in [0.1, 0.15) is 5.82 Å². The normalized spacial score (nSPS) is 16.1. The predicted molar refractivity (Wildman–Crippen MR) is 76.9 cm³/mol. The molecule has 1 saturated heterocycles. The Bertz CT molecular complexity index is 772. The lowest BCUT2D eigenvalue weighted by Crippen LogP contribution is -2.89. The first kappa shape index (κ1) is 11.6. The highest BCUT2D eigenvalue weighted by molar-refractivity contribution is 5.92. The van der Waals surface area contributed by atoms with Gasteiger partial charge in [-0.05, 0) is 19.1 Å². The van der Waals surface area contributed by atoms with Gasteiger partial charge in [0.2, 0.25) is 5.95 Å². The summed E-state index contributed by atoms with van der Waals surface area (Å²) in [5.41, 5.74) is 1.88. The SMILES string of the molecule is Cc1nc2c3ccccc3nc(N3CC[NH2+]CC3)n2n1. The number of hydrogen-bond acceptors (Lipinski definition) is 4. The van der Waals surface area contributed by atoms with Crippen molar-refractivity contribution in [3.05, 3.63) is 30.1 Å². The summed E-state index contributed by atoms with van der Waals surface area (Å²) in [7, 11) is 0. The maximum absolute atomic E-state index is 4.81. The fourth-order valence-electron chi connectivity index (χ4n) is 2.80.